The van der Waals surface area contributed by atoms with E-state index in [0.29, 0.717) is 22.6 Å². The molecule has 0 spiro atoms. The summed E-state index contributed by atoms with van der Waals surface area (Å²) >= 11 is 3.07. The molecule has 2 aromatic carbocycles. The van der Waals surface area contributed by atoms with Crippen LogP contribution in [0, 0.1) is 5.82 Å². The molecule has 0 atom stereocenters. The Morgan fingerprint density at radius 2 is 1.85 bits per heavy atom. The summed E-state index contributed by atoms with van der Waals surface area (Å²) in [5.74, 6) is 0.312. The lowest BCUT2D eigenvalue weighted by molar-refractivity contribution is 0.103. The average Bonchev–Trinajstić information content (AvgIpc) is 2.48. The molecule has 0 saturated carbocycles. The number of carbonyl (C=O) groups excluding carboxylic acids is 1. The molecule has 0 unspecified atom stereocenters. The van der Waals surface area contributed by atoms with Crippen molar-refractivity contribution in [2.24, 2.45) is 0 Å². The third-order valence-corrected chi connectivity index (χ3v) is 3.44. The lowest BCUT2D eigenvalue weighted by Gasteiger charge is -2.10. The Labute approximate surface area is 124 Å². The van der Waals surface area contributed by atoms with Gasteiger partial charge in [0.25, 0.3) is 0 Å². The van der Waals surface area contributed by atoms with Crippen molar-refractivity contribution in [2.75, 3.05) is 14.2 Å². The number of rotatable bonds is 4. The average molecular weight is 339 g/mol. The maximum absolute atomic E-state index is 13.2. The summed E-state index contributed by atoms with van der Waals surface area (Å²) in [7, 11) is 3.00. The van der Waals surface area contributed by atoms with Crippen molar-refractivity contribution in [1.29, 1.82) is 0 Å². The van der Waals surface area contributed by atoms with Crippen LogP contribution in [-0.4, -0.2) is 20.0 Å². The fraction of sp³-hybridized carbons (Fsp3) is 0.133. The van der Waals surface area contributed by atoms with E-state index in [1.54, 1.807) is 18.2 Å². The number of carbonyl (C=O) groups is 1. The molecule has 2 aromatic rings. The molecule has 104 valence electrons. The first kappa shape index (κ1) is 14.5. The highest BCUT2D eigenvalue weighted by atomic mass is 79.9. The van der Waals surface area contributed by atoms with Crippen molar-refractivity contribution in [3.05, 3.63) is 57.8 Å². The zero-order valence-corrected chi connectivity index (χ0v) is 12.5. The Hall–Kier alpha value is -1.88. The molecule has 0 aliphatic heterocycles. The summed E-state index contributed by atoms with van der Waals surface area (Å²) in [6.07, 6.45) is 0. The van der Waals surface area contributed by atoms with Crippen LogP contribution in [0.2, 0.25) is 0 Å². The molecular weight excluding hydrogens is 327 g/mol. The third kappa shape index (κ3) is 2.82. The van der Waals surface area contributed by atoms with E-state index in [1.165, 1.54) is 32.4 Å². The molecule has 20 heavy (non-hydrogen) atoms. The van der Waals surface area contributed by atoms with Gasteiger partial charge in [-0.25, -0.2) is 4.39 Å². The van der Waals surface area contributed by atoms with Gasteiger partial charge >= 0.3 is 0 Å². The van der Waals surface area contributed by atoms with Gasteiger partial charge in [-0.2, -0.15) is 0 Å². The normalized spacial score (nSPS) is 10.2. The molecule has 0 saturated heterocycles. The fourth-order valence-electron chi connectivity index (χ4n) is 1.78. The van der Waals surface area contributed by atoms with Crippen LogP contribution in [0.5, 0.6) is 11.5 Å². The Morgan fingerprint density at radius 3 is 2.45 bits per heavy atom. The smallest absolute Gasteiger partial charge is 0.196 e. The van der Waals surface area contributed by atoms with Gasteiger partial charge in [0.1, 0.15) is 17.3 Å². The predicted octanol–water partition coefficient (Wildman–Crippen LogP) is 3.84. The minimum Gasteiger partial charge on any atom is -0.497 e. The molecule has 0 aliphatic rings. The summed E-state index contributed by atoms with van der Waals surface area (Å²) in [5.41, 5.74) is 0.732. The van der Waals surface area contributed by atoms with Gasteiger partial charge in [-0.1, -0.05) is 0 Å². The lowest BCUT2D eigenvalue weighted by atomic mass is 10.0. The number of benzene rings is 2. The molecule has 0 radical (unpaired) electrons. The Kier molecular flexibility index (Phi) is 4.39. The molecule has 0 amide bonds. The minimum atomic E-state index is -0.417. The van der Waals surface area contributed by atoms with E-state index in [1.807, 2.05) is 0 Å². The summed E-state index contributed by atoms with van der Waals surface area (Å²) in [6.45, 7) is 0. The molecule has 5 heteroatoms. The first-order valence-electron chi connectivity index (χ1n) is 5.78. The van der Waals surface area contributed by atoms with Gasteiger partial charge in [-0.05, 0) is 52.3 Å². The second kappa shape index (κ2) is 6.05. The summed E-state index contributed by atoms with van der Waals surface area (Å²) in [6, 6.07) is 9.07. The maximum atomic E-state index is 13.2. The van der Waals surface area contributed by atoms with Crippen molar-refractivity contribution in [3.63, 3.8) is 0 Å². The van der Waals surface area contributed by atoms with Gasteiger partial charge in [0, 0.05) is 5.56 Å². The van der Waals surface area contributed by atoms with E-state index in [-0.39, 0.29) is 10.3 Å². The number of halogens is 2. The van der Waals surface area contributed by atoms with Gasteiger partial charge in [-0.3, -0.25) is 4.79 Å². The number of hydrogen-bond acceptors (Lipinski definition) is 3. The summed E-state index contributed by atoms with van der Waals surface area (Å²) in [5, 5.41) is 0. The Morgan fingerprint density at radius 1 is 1.10 bits per heavy atom. The van der Waals surface area contributed by atoms with Crippen LogP contribution in [-0.2, 0) is 0 Å². The van der Waals surface area contributed by atoms with Crippen molar-refractivity contribution in [3.8, 4) is 11.5 Å². The number of methoxy groups -OCH3 is 2. The van der Waals surface area contributed by atoms with Gasteiger partial charge in [0.2, 0.25) is 0 Å². The fourth-order valence-corrected chi connectivity index (χ4v) is 2.16. The highest BCUT2D eigenvalue weighted by Crippen LogP contribution is 2.27. The van der Waals surface area contributed by atoms with Gasteiger partial charge in [-0.15, -0.1) is 0 Å². The predicted molar refractivity (Wildman–Crippen MR) is 77.1 cm³/mol. The second-order valence-corrected chi connectivity index (χ2v) is 4.88. The molecule has 0 aromatic heterocycles. The number of ketones is 1. The highest BCUT2D eigenvalue weighted by molar-refractivity contribution is 9.10. The third-order valence-electron chi connectivity index (χ3n) is 2.83. The number of ether oxygens (including phenoxy) is 2. The lowest BCUT2D eigenvalue weighted by Crippen LogP contribution is -2.05. The summed E-state index contributed by atoms with van der Waals surface area (Å²) < 4.78 is 23.8. The van der Waals surface area contributed by atoms with Gasteiger partial charge in [0.15, 0.2) is 5.78 Å². The van der Waals surface area contributed by atoms with Crippen LogP contribution in [0.4, 0.5) is 4.39 Å². The molecule has 0 bridgehead atoms. The van der Waals surface area contributed by atoms with E-state index in [4.69, 9.17) is 9.47 Å². The molecule has 0 fully saturated rings. The minimum absolute atomic E-state index is 0.241. The van der Waals surface area contributed by atoms with Crippen LogP contribution in [0.25, 0.3) is 0 Å². The molecule has 3 nitrogen and oxygen atoms in total. The summed E-state index contributed by atoms with van der Waals surface area (Å²) in [4.78, 5) is 12.5. The van der Waals surface area contributed by atoms with Crippen molar-refractivity contribution < 1.29 is 18.7 Å². The Balaban J connectivity index is 2.48. The SMILES string of the molecule is COc1ccc(OC)c(C(=O)c2ccc(F)c(Br)c2)c1. The van der Waals surface area contributed by atoms with Crippen LogP contribution in [0.1, 0.15) is 15.9 Å². The molecule has 2 rings (SSSR count). The standard InChI is InChI=1S/C15H12BrFO3/c1-19-10-4-6-14(20-2)11(8-10)15(18)9-3-5-13(17)12(16)7-9/h3-8H,1-2H3. The zero-order valence-electron chi connectivity index (χ0n) is 10.9. The van der Waals surface area contributed by atoms with Crippen molar-refractivity contribution >= 4 is 21.7 Å². The zero-order chi connectivity index (χ0) is 14.7. The van der Waals surface area contributed by atoms with E-state index in [0.717, 1.165) is 0 Å². The number of hydrogen-bond donors (Lipinski definition) is 0. The van der Waals surface area contributed by atoms with Crippen LogP contribution in [0.15, 0.2) is 40.9 Å². The Bertz CT molecular complexity index is 656. The topological polar surface area (TPSA) is 35.5 Å². The van der Waals surface area contributed by atoms with E-state index in [2.05, 4.69) is 15.9 Å². The van der Waals surface area contributed by atoms with Gasteiger partial charge < -0.3 is 9.47 Å². The van der Waals surface area contributed by atoms with Crippen LogP contribution < -0.4 is 9.47 Å². The van der Waals surface area contributed by atoms with Crippen LogP contribution in [0.3, 0.4) is 0 Å². The second-order valence-electron chi connectivity index (χ2n) is 4.02. The first-order valence-corrected chi connectivity index (χ1v) is 6.58. The highest BCUT2D eigenvalue weighted by Gasteiger charge is 2.16. The van der Waals surface area contributed by atoms with Crippen LogP contribution >= 0.6 is 15.9 Å². The quantitative estimate of drug-likeness (QED) is 0.794. The van der Waals surface area contributed by atoms with E-state index in [9.17, 15) is 9.18 Å². The van der Waals surface area contributed by atoms with E-state index >= 15 is 0 Å². The molecule has 0 heterocycles. The van der Waals surface area contributed by atoms with Gasteiger partial charge in [0.05, 0.1) is 24.3 Å². The maximum Gasteiger partial charge on any atom is 0.196 e. The molecular formula is C15H12BrFO3. The van der Waals surface area contributed by atoms with Crippen molar-refractivity contribution in [1.82, 2.24) is 0 Å². The first-order chi connectivity index (χ1) is 9.56. The molecule has 0 aliphatic carbocycles. The largest absolute Gasteiger partial charge is 0.497 e. The molecule has 0 N–H and O–H groups in total. The monoisotopic (exact) mass is 338 g/mol. The van der Waals surface area contributed by atoms with E-state index < -0.39 is 5.82 Å². The van der Waals surface area contributed by atoms with Crippen molar-refractivity contribution in [2.45, 2.75) is 0 Å².